The number of carbonyl (C=O) groups is 1. The van der Waals surface area contributed by atoms with Gasteiger partial charge in [0.15, 0.2) is 0 Å². The van der Waals surface area contributed by atoms with Crippen LogP contribution in [-0.2, 0) is 11.0 Å². The Morgan fingerprint density at radius 3 is 2.38 bits per heavy atom. The summed E-state index contributed by atoms with van der Waals surface area (Å²) in [6.07, 6.45) is -4.47. The molecule has 0 amide bonds. The van der Waals surface area contributed by atoms with Crippen molar-refractivity contribution in [3.63, 3.8) is 0 Å². The van der Waals surface area contributed by atoms with Crippen LogP contribution in [0.1, 0.15) is 22.9 Å². The molecule has 0 heterocycles. The first kappa shape index (κ1) is 13.7. The van der Waals surface area contributed by atoms with E-state index < -0.39 is 16.6 Å². The summed E-state index contributed by atoms with van der Waals surface area (Å²) in [4.78, 5) is 10.1. The number of alkyl halides is 4. The average Bonchev–Trinajstić information content (AvgIpc) is 2.15. The predicted molar refractivity (Wildman–Crippen MR) is 61.5 cm³/mol. The maximum absolute atomic E-state index is 12.7. The lowest BCUT2D eigenvalue weighted by atomic mass is 10.0. The molecule has 0 N–H and O–H groups in total. The SMILES string of the molecule is CC(=O)C(Br)c1ccc(Br)cc1C(F)(F)F. The number of Topliss-reactive ketones (excluding diaryl/α,β-unsaturated/α-hetero) is 1. The second kappa shape index (κ2) is 4.87. The first-order valence-electron chi connectivity index (χ1n) is 4.24. The van der Waals surface area contributed by atoms with Crippen molar-refractivity contribution in [3.05, 3.63) is 33.8 Å². The van der Waals surface area contributed by atoms with Gasteiger partial charge in [-0.15, -0.1) is 0 Å². The highest BCUT2D eigenvalue weighted by Gasteiger charge is 2.35. The van der Waals surface area contributed by atoms with Gasteiger partial charge in [-0.25, -0.2) is 0 Å². The molecule has 16 heavy (non-hydrogen) atoms. The molecule has 0 saturated carbocycles. The van der Waals surface area contributed by atoms with Gasteiger partial charge in [0.1, 0.15) is 5.78 Å². The first-order valence-corrected chi connectivity index (χ1v) is 5.95. The summed E-state index contributed by atoms with van der Waals surface area (Å²) in [6.45, 7) is 1.24. The fourth-order valence-electron chi connectivity index (χ4n) is 1.21. The predicted octanol–water partition coefficient (Wildman–Crippen LogP) is 4.49. The van der Waals surface area contributed by atoms with Crippen LogP contribution in [0.25, 0.3) is 0 Å². The molecule has 1 aromatic rings. The van der Waals surface area contributed by atoms with E-state index in [0.717, 1.165) is 6.07 Å². The monoisotopic (exact) mass is 358 g/mol. The lowest BCUT2D eigenvalue weighted by Gasteiger charge is -2.15. The van der Waals surface area contributed by atoms with Crippen LogP contribution in [0, 0.1) is 0 Å². The van der Waals surface area contributed by atoms with E-state index in [0.29, 0.717) is 4.47 Å². The van der Waals surface area contributed by atoms with Gasteiger partial charge in [0.2, 0.25) is 0 Å². The maximum Gasteiger partial charge on any atom is 0.416 e. The zero-order valence-corrected chi connectivity index (χ0v) is 11.3. The fraction of sp³-hybridized carbons (Fsp3) is 0.300. The highest BCUT2D eigenvalue weighted by Crippen LogP contribution is 2.38. The molecular weight excluding hydrogens is 353 g/mol. The summed E-state index contributed by atoms with van der Waals surface area (Å²) in [5, 5.41) is 0. The van der Waals surface area contributed by atoms with Gasteiger partial charge in [-0.2, -0.15) is 13.2 Å². The standard InChI is InChI=1S/C10H7Br2F3O/c1-5(16)9(12)7-3-2-6(11)4-8(7)10(13,14)15/h2-4,9H,1H3. The minimum absolute atomic E-state index is 0.0665. The third-order valence-electron chi connectivity index (χ3n) is 1.95. The van der Waals surface area contributed by atoms with Gasteiger partial charge in [-0.05, 0) is 24.6 Å². The van der Waals surface area contributed by atoms with E-state index >= 15 is 0 Å². The Balaban J connectivity index is 3.34. The second-order valence-electron chi connectivity index (χ2n) is 3.20. The van der Waals surface area contributed by atoms with Gasteiger partial charge in [-0.1, -0.05) is 37.9 Å². The molecule has 1 atom stereocenters. The Bertz CT molecular complexity index is 415. The van der Waals surface area contributed by atoms with Gasteiger partial charge in [0.05, 0.1) is 10.4 Å². The minimum atomic E-state index is -4.47. The van der Waals surface area contributed by atoms with E-state index in [1.54, 1.807) is 0 Å². The lowest BCUT2D eigenvalue weighted by molar-refractivity contribution is -0.138. The van der Waals surface area contributed by atoms with Crippen molar-refractivity contribution in [2.45, 2.75) is 17.9 Å². The van der Waals surface area contributed by atoms with Gasteiger partial charge >= 0.3 is 6.18 Å². The van der Waals surface area contributed by atoms with Crippen molar-refractivity contribution in [3.8, 4) is 0 Å². The van der Waals surface area contributed by atoms with Crippen molar-refractivity contribution in [2.24, 2.45) is 0 Å². The van der Waals surface area contributed by atoms with Gasteiger partial charge < -0.3 is 0 Å². The Morgan fingerprint density at radius 2 is 1.94 bits per heavy atom. The highest BCUT2D eigenvalue weighted by molar-refractivity contribution is 9.10. The molecule has 0 aliphatic carbocycles. The molecule has 1 rings (SSSR count). The summed E-state index contributed by atoms with van der Waals surface area (Å²) in [6, 6.07) is 3.72. The zero-order chi connectivity index (χ0) is 12.5. The Morgan fingerprint density at radius 1 is 1.38 bits per heavy atom. The molecule has 0 spiro atoms. The number of hydrogen-bond donors (Lipinski definition) is 0. The summed E-state index contributed by atoms with van der Waals surface area (Å²) < 4.78 is 38.4. The molecule has 0 saturated heterocycles. The van der Waals surface area contributed by atoms with Crippen molar-refractivity contribution in [1.82, 2.24) is 0 Å². The first-order chi connectivity index (χ1) is 7.23. The second-order valence-corrected chi connectivity index (χ2v) is 5.03. The number of halogens is 5. The fourth-order valence-corrected chi connectivity index (χ4v) is 1.97. The molecule has 1 aromatic carbocycles. The normalized spacial score (nSPS) is 13.6. The van der Waals surface area contributed by atoms with Crippen LogP contribution in [0.2, 0.25) is 0 Å². The zero-order valence-electron chi connectivity index (χ0n) is 8.11. The van der Waals surface area contributed by atoms with Crippen LogP contribution in [0.3, 0.4) is 0 Å². The van der Waals surface area contributed by atoms with Gasteiger partial charge in [0, 0.05) is 4.47 Å². The van der Waals surface area contributed by atoms with Crippen LogP contribution < -0.4 is 0 Å². The number of carbonyl (C=O) groups excluding carboxylic acids is 1. The van der Waals surface area contributed by atoms with Crippen molar-refractivity contribution in [2.75, 3.05) is 0 Å². The Labute approximate surface area is 107 Å². The van der Waals surface area contributed by atoms with E-state index in [4.69, 9.17) is 0 Å². The molecule has 0 bridgehead atoms. The van der Waals surface area contributed by atoms with E-state index in [-0.39, 0.29) is 11.3 Å². The van der Waals surface area contributed by atoms with Crippen LogP contribution in [-0.4, -0.2) is 5.78 Å². The summed E-state index contributed by atoms with van der Waals surface area (Å²) in [5.74, 6) is -0.368. The van der Waals surface area contributed by atoms with Crippen molar-refractivity contribution in [1.29, 1.82) is 0 Å². The highest BCUT2D eigenvalue weighted by atomic mass is 79.9. The smallest absolute Gasteiger partial charge is 0.298 e. The molecule has 0 fully saturated rings. The van der Waals surface area contributed by atoms with E-state index in [1.807, 2.05) is 0 Å². The molecule has 1 unspecified atom stereocenters. The van der Waals surface area contributed by atoms with Crippen molar-refractivity contribution >= 4 is 37.6 Å². The molecule has 1 nitrogen and oxygen atoms in total. The van der Waals surface area contributed by atoms with Crippen molar-refractivity contribution < 1.29 is 18.0 Å². The molecule has 6 heteroatoms. The molecular formula is C10H7Br2F3O. The quantitative estimate of drug-likeness (QED) is 0.711. The van der Waals surface area contributed by atoms with Crippen LogP contribution in [0.4, 0.5) is 13.2 Å². The van der Waals surface area contributed by atoms with E-state index in [1.165, 1.54) is 19.1 Å². The number of rotatable bonds is 2. The third-order valence-corrected chi connectivity index (χ3v) is 3.58. The molecule has 0 aliphatic rings. The molecule has 0 aromatic heterocycles. The van der Waals surface area contributed by atoms with Crippen LogP contribution >= 0.6 is 31.9 Å². The topological polar surface area (TPSA) is 17.1 Å². The maximum atomic E-state index is 12.7. The number of benzene rings is 1. The Hall–Kier alpha value is -0.360. The third kappa shape index (κ3) is 3.07. The molecule has 0 radical (unpaired) electrons. The van der Waals surface area contributed by atoms with Gasteiger partial charge in [-0.3, -0.25) is 4.79 Å². The summed E-state index contributed by atoms with van der Waals surface area (Å²) >= 11 is 5.93. The molecule has 88 valence electrons. The summed E-state index contributed by atoms with van der Waals surface area (Å²) in [5.41, 5.74) is -0.873. The van der Waals surface area contributed by atoms with Crippen LogP contribution in [0.15, 0.2) is 22.7 Å². The lowest BCUT2D eigenvalue weighted by Crippen LogP contribution is -2.13. The van der Waals surface area contributed by atoms with E-state index in [9.17, 15) is 18.0 Å². The number of hydrogen-bond acceptors (Lipinski definition) is 1. The largest absolute Gasteiger partial charge is 0.416 e. The Kier molecular flexibility index (Phi) is 4.17. The summed E-state index contributed by atoms with van der Waals surface area (Å²) in [7, 11) is 0. The van der Waals surface area contributed by atoms with Gasteiger partial charge in [0.25, 0.3) is 0 Å². The minimum Gasteiger partial charge on any atom is -0.298 e. The average molecular weight is 360 g/mol. The van der Waals surface area contributed by atoms with E-state index in [2.05, 4.69) is 31.9 Å². The van der Waals surface area contributed by atoms with Crippen LogP contribution in [0.5, 0.6) is 0 Å². The molecule has 0 aliphatic heterocycles. The number of ketones is 1.